The van der Waals surface area contributed by atoms with Crippen LogP contribution in [-0.4, -0.2) is 55.3 Å². The summed E-state index contributed by atoms with van der Waals surface area (Å²) in [6, 6.07) is 6.12. The predicted molar refractivity (Wildman–Crippen MR) is 124 cm³/mol. The summed E-state index contributed by atoms with van der Waals surface area (Å²) >= 11 is 1.83. The van der Waals surface area contributed by atoms with Crippen LogP contribution in [0.2, 0.25) is 0 Å². The number of aromatic nitrogens is 4. The zero-order chi connectivity index (χ0) is 20.8. The van der Waals surface area contributed by atoms with E-state index in [0.29, 0.717) is 5.82 Å². The second-order valence-electron chi connectivity index (χ2n) is 8.67. The molecule has 2 N–H and O–H groups in total. The molecule has 1 aliphatic carbocycles. The summed E-state index contributed by atoms with van der Waals surface area (Å²) in [6.45, 7) is 5.74. The molecule has 1 saturated heterocycles. The van der Waals surface area contributed by atoms with Crippen LogP contribution in [0.5, 0.6) is 0 Å². The number of imidazole rings is 1. The number of piperazine rings is 1. The van der Waals surface area contributed by atoms with Crippen LogP contribution >= 0.6 is 11.3 Å². The van der Waals surface area contributed by atoms with Crippen molar-refractivity contribution in [3.8, 4) is 0 Å². The Kier molecular flexibility index (Phi) is 4.85. The summed E-state index contributed by atoms with van der Waals surface area (Å²) in [4.78, 5) is 21.8. The molecule has 0 amide bonds. The minimum Gasteiger partial charge on any atom is -0.383 e. The van der Waals surface area contributed by atoms with E-state index in [9.17, 15) is 0 Å². The number of nitrogen functional groups attached to an aromatic ring is 1. The van der Waals surface area contributed by atoms with Crippen molar-refractivity contribution in [3.05, 3.63) is 52.6 Å². The van der Waals surface area contributed by atoms with E-state index in [1.54, 1.807) is 0 Å². The van der Waals surface area contributed by atoms with Crippen molar-refractivity contribution in [2.45, 2.75) is 38.8 Å². The van der Waals surface area contributed by atoms with Crippen LogP contribution in [-0.2, 0) is 25.9 Å². The topological polar surface area (TPSA) is 75.6 Å². The summed E-state index contributed by atoms with van der Waals surface area (Å²) in [5.74, 6) is 1.53. The van der Waals surface area contributed by atoms with Crippen molar-refractivity contribution < 1.29 is 0 Å². The lowest BCUT2D eigenvalue weighted by molar-refractivity contribution is 0.119. The van der Waals surface area contributed by atoms with E-state index in [-0.39, 0.29) is 0 Å². The third-order valence-corrected chi connectivity index (χ3v) is 7.70. The Labute approximate surface area is 185 Å². The molecule has 0 aromatic carbocycles. The summed E-state index contributed by atoms with van der Waals surface area (Å²) in [7, 11) is 0. The highest BCUT2D eigenvalue weighted by Crippen LogP contribution is 2.37. The number of aryl methyl sites for hydroxylation is 2. The van der Waals surface area contributed by atoms with Gasteiger partial charge in [0.05, 0.1) is 17.6 Å². The molecule has 4 aromatic rings. The van der Waals surface area contributed by atoms with E-state index < -0.39 is 0 Å². The predicted octanol–water partition coefficient (Wildman–Crippen LogP) is 3.12. The molecular formula is C23H27N7S. The van der Waals surface area contributed by atoms with Crippen LogP contribution in [0.15, 0.2) is 30.6 Å². The number of hydrogen-bond acceptors (Lipinski definition) is 7. The lowest BCUT2D eigenvalue weighted by atomic mass is 9.97. The molecule has 4 aromatic heterocycles. The van der Waals surface area contributed by atoms with Crippen LogP contribution in [0, 0.1) is 0 Å². The summed E-state index contributed by atoms with van der Waals surface area (Å²) in [6.07, 6.45) is 9.00. The Bertz CT molecular complexity index is 1200. The SMILES string of the molecule is Nc1nc(CN2CCN(Cc3cn4ccccc4n3)CC2)nc2sc3c(c12)CCCC3. The van der Waals surface area contributed by atoms with Crippen molar-refractivity contribution in [1.82, 2.24) is 29.2 Å². The highest BCUT2D eigenvalue weighted by Gasteiger charge is 2.22. The van der Waals surface area contributed by atoms with Gasteiger partial charge in [0, 0.05) is 50.0 Å². The van der Waals surface area contributed by atoms with Crippen molar-refractivity contribution in [1.29, 1.82) is 0 Å². The first kappa shape index (κ1) is 19.2. The largest absolute Gasteiger partial charge is 0.383 e. The summed E-state index contributed by atoms with van der Waals surface area (Å²) in [5.41, 5.74) is 9.94. The second kappa shape index (κ2) is 7.85. The van der Waals surface area contributed by atoms with Crippen molar-refractivity contribution in [2.24, 2.45) is 0 Å². The molecule has 5 heterocycles. The fourth-order valence-corrected chi connectivity index (χ4v) is 6.19. The van der Waals surface area contributed by atoms with Crippen LogP contribution < -0.4 is 5.73 Å². The van der Waals surface area contributed by atoms with Gasteiger partial charge in [-0.05, 0) is 43.4 Å². The van der Waals surface area contributed by atoms with Crippen LogP contribution in [0.25, 0.3) is 15.9 Å². The van der Waals surface area contributed by atoms with Gasteiger partial charge in [-0.3, -0.25) is 9.80 Å². The van der Waals surface area contributed by atoms with Crippen molar-refractivity contribution >= 4 is 33.0 Å². The number of rotatable bonds is 4. The molecule has 1 fully saturated rings. The van der Waals surface area contributed by atoms with Crippen LogP contribution in [0.3, 0.4) is 0 Å². The average molecular weight is 434 g/mol. The number of nitrogens with two attached hydrogens (primary N) is 1. The zero-order valence-electron chi connectivity index (χ0n) is 17.6. The molecule has 8 heteroatoms. The van der Waals surface area contributed by atoms with Gasteiger partial charge in [-0.2, -0.15) is 0 Å². The normalized spacial score (nSPS) is 18.1. The van der Waals surface area contributed by atoms with Gasteiger partial charge in [-0.25, -0.2) is 15.0 Å². The maximum atomic E-state index is 6.39. The molecule has 0 saturated carbocycles. The fraction of sp³-hybridized carbons (Fsp3) is 0.435. The molecule has 0 atom stereocenters. The van der Waals surface area contributed by atoms with Crippen LogP contribution in [0.4, 0.5) is 5.82 Å². The maximum absolute atomic E-state index is 6.39. The average Bonchev–Trinajstić information content (AvgIpc) is 3.35. The minimum atomic E-state index is 0.671. The third-order valence-electron chi connectivity index (χ3n) is 6.52. The monoisotopic (exact) mass is 433 g/mol. The third kappa shape index (κ3) is 3.69. The Morgan fingerprint density at radius 2 is 1.74 bits per heavy atom. The van der Waals surface area contributed by atoms with Crippen molar-refractivity contribution in [3.63, 3.8) is 0 Å². The number of nitrogens with zero attached hydrogens (tertiary/aromatic N) is 6. The van der Waals surface area contributed by atoms with Gasteiger partial charge in [0.2, 0.25) is 0 Å². The van der Waals surface area contributed by atoms with E-state index >= 15 is 0 Å². The molecule has 0 spiro atoms. The summed E-state index contributed by atoms with van der Waals surface area (Å²) < 4.78 is 2.09. The molecule has 2 aliphatic rings. The van der Waals surface area contributed by atoms with E-state index in [0.717, 1.165) is 73.1 Å². The standard InChI is InChI=1S/C23H27N7S/c24-22-21-17-5-1-2-6-18(17)31-23(21)27-19(26-22)15-29-11-9-28(10-12-29)13-16-14-30-8-4-3-7-20(30)25-16/h3-4,7-8,14H,1-2,5-6,9-13,15H2,(H2,24,26,27). The molecule has 0 unspecified atom stereocenters. The highest BCUT2D eigenvalue weighted by atomic mass is 32.1. The smallest absolute Gasteiger partial charge is 0.146 e. The molecule has 160 valence electrons. The lowest BCUT2D eigenvalue weighted by Crippen LogP contribution is -2.45. The Balaban J connectivity index is 1.11. The molecule has 0 bridgehead atoms. The first-order valence-corrected chi connectivity index (χ1v) is 12.0. The number of anilines is 1. The van der Waals surface area contributed by atoms with E-state index in [1.165, 1.54) is 29.7 Å². The Hall–Kier alpha value is -2.55. The number of thiophene rings is 1. The molecule has 31 heavy (non-hydrogen) atoms. The number of fused-ring (bicyclic) bond motifs is 4. The molecule has 7 nitrogen and oxygen atoms in total. The summed E-state index contributed by atoms with van der Waals surface area (Å²) in [5, 5.41) is 1.13. The first-order valence-electron chi connectivity index (χ1n) is 11.2. The van der Waals surface area contributed by atoms with Gasteiger partial charge < -0.3 is 10.1 Å². The van der Waals surface area contributed by atoms with Gasteiger partial charge in [0.15, 0.2) is 0 Å². The second-order valence-corrected chi connectivity index (χ2v) is 9.75. The van der Waals surface area contributed by atoms with Gasteiger partial charge in [0.25, 0.3) is 0 Å². The van der Waals surface area contributed by atoms with Crippen molar-refractivity contribution in [2.75, 3.05) is 31.9 Å². The first-order chi connectivity index (χ1) is 15.2. The molecular weight excluding hydrogens is 406 g/mol. The number of pyridine rings is 1. The van der Waals surface area contributed by atoms with Gasteiger partial charge in [0.1, 0.15) is 22.1 Å². The Morgan fingerprint density at radius 3 is 2.58 bits per heavy atom. The molecule has 6 rings (SSSR count). The zero-order valence-corrected chi connectivity index (χ0v) is 18.4. The lowest BCUT2D eigenvalue weighted by Gasteiger charge is -2.33. The molecule has 0 radical (unpaired) electrons. The highest BCUT2D eigenvalue weighted by molar-refractivity contribution is 7.19. The fourth-order valence-electron chi connectivity index (χ4n) is 4.90. The van der Waals surface area contributed by atoms with E-state index in [1.807, 2.05) is 29.5 Å². The minimum absolute atomic E-state index is 0.671. The van der Waals surface area contributed by atoms with E-state index in [2.05, 4.69) is 26.6 Å². The number of hydrogen-bond donors (Lipinski definition) is 1. The van der Waals surface area contributed by atoms with E-state index in [4.69, 9.17) is 20.7 Å². The van der Waals surface area contributed by atoms with Gasteiger partial charge in [-0.15, -0.1) is 11.3 Å². The maximum Gasteiger partial charge on any atom is 0.146 e. The van der Waals surface area contributed by atoms with Gasteiger partial charge >= 0.3 is 0 Å². The molecule has 1 aliphatic heterocycles. The van der Waals surface area contributed by atoms with Crippen LogP contribution in [0.1, 0.15) is 34.8 Å². The van der Waals surface area contributed by atoms with Gasteiger partial charge in [-0.1, -0.05) is 6.07 Å². The quantitative estimate of drug-likeness (QED) is 0.533. The Morgan fingerprint density at radius 1 is 0.935 bits per heavy atom.